The number of carboxylic acid groups (broad SMARTS) is 1. The lowest BCUT2D eigenvalue weighted by Gasteiger charge is -2.07. The number of aryl methyl sites for hydroxylation is 1. The number of hydrogen-bond donors (Lipinski definition) is 2. The van der Waals surface area contributed by atoms with Gasteiger partial charge in [-0.15, -0.1) is 11.3 Å². The van der Waals surface area contributed by atoms with Crippen LogP contribution in [0.25, 0.3) is 0 Å². The first-order valence-corrected chi connectivity index (χ1v) is 6.09. The van der Waals surface area contributed by atoms with E-state index in [9.17, 15) is 14.4 Å². The van der Waals surface area contributed by atoms with Gasteiger partial charge in [0.1, 0.15) is 18.1 Å². The molecule has 0 saturated carbocycles. The normalized spacial score (nSPS) is 10.0. The summed E-state index contributed by atoms with van der Waals surface area (Å²) in [7, 11) is 1.25. The van der Waals surface area contributed by atoms with Crippen LogP contribution >= 0.6 is 11.3 Å². The van der Waals surface area contributed by atoms with E-state index in [1.807, 2.05) is 0 Å². The molecule has 19 heavy (non-hydrogen) atoms. The lowest BCUT2D eigenvalue weighted by Crippen LogP contribution is -2.21. The van der Waals surface area contributed by atoms with Crippen LogP contribution in [0.1, 0.15) is 15.2 Å². The van der Waals surface area contributed by atoms with Gasteiger partial charge < -0.3 is 19.9 Å². The summed E-state index contributed by atoms with van der Waals surface area (Å²) in [5, 5.41) is 12.6. The Balaban J connectivity index is 2.66. The zero-order valence-corrected chi connectivity index (χ0v) is 11.2. The van der Waals surface area contributed by atoms with Crippen LogP contribution in [0.5, 0.6) is 0 Å². The number of rotatable bonds is 6. The molecule has 1 heterocycles. The highest BCUT2D eigenvalue weighted by atomic mass is 32.1. The van der Waals surface area contributed by atoms with Crippen LogP contribution in [0, 0.1) is 6.92 Å². The number of ether oxygens (including phenoxy) is 2. The number of methoxy groups -OCH3 is 1. The van der Waals surface area contributed by atoms with Crippen molar-refractivity contribution in [1.82, 2.24) is 0 Å². The Kier molecular flexibility index (Phi) is 5.46. The zero-order chi connectivity index (χ0) is 14.4. The Labute approximate surface area is 113 Å². The summed E-state index contributed by atoms with van der Waals surface area (Å²) in [6, 6.07) is 0. The Morgan fingerprint density at radius 1 is 1.37 bits per heavy atom. The van der Waals surface area contributed by atoms with E-state index in [0.717, 1.165) is 16.9 Å². The maximum Gasteiger partial charge on any atom is 0.350 e. The Morgan fingerprint density at radius 3 is 2.63 bits per heavy atom. The van der Waals surface area contributed by atoms with E-state index >= 15 is 0 Å². The quantitative estimate of drug-likeness (QED) is 0.753. The SMILES string of the molecule is COC(=O)c1scc(C)c1NC(=O)COCC(=O)O. The first kappa shape index (κ1) is 15.1. The number of carboxylic acids is 1. The fourth-order valence-corrected chi connectivity index (χ4v) is 2.17. The summed E-state index contributed by atoms with van der Waals surface area (Å²) in [4.78, 5) is 33.5. The first-order chi connectivity index (χ1) is 8.95. The monoisotopic (exact) mass is 287 g/mol. The summed E-state index contributed by atoms with van der Waals surface area (Å²) in [6.07, 6.45) is 0. The van der Waals surface area contributed by atoms with Gasteiger partial charge in [-0.2, -0.15) is 0 Å². The van der Waals surface area contributed by atoms with Crippen LogP contribution in [0.15, 0.2) is 5.38 Å². The number of aliphatic carboxylic acids is 1. The molecule has 0 aliphatic heterocycles. The minimum Gasteiger partial charge on any atom is -0.480 e. The van der Waals surface area contributed by atoms with Crippen molar-refractivity contribution in [3.8, 4) is 0 Å². The van der Waals surface area contributed by atoms with Crippen molar-refractivity contribution in [1.29, 1.82) is 0 Å². The molecule has 1 aromatic rings. The third-order valence-corrected chi connectivity index (χ3v) is 3.15. The van der Waals surface area contributed by atoms with Gasteiger partial charge in [0, 0.05) is 0 Å². The summed E-state index contributed by atoms with van der Waals surface area (Å²) in [5.74, 6) is -2.23. The molecule has 8 heteroatoms. The van der Waals surface area contributed by atoms with Gasteiger partial charge in [-0.25, -0.2) is 9.59 Å². The highest BCUT2D eigenvalue weighted by molar-refractivity contribution is 7.12. The van der Waals surface area contributed by atoms with Crippen LogP contribution in [0.3, 0.4) is 0 Å². The van der Waals surface area contributed by atoms with Crippen LogP contribution in [0.4, 0.5) is 5.69 Å². The van der Waals surface area contributed by atoms with Gasteiger partial charge in [-0.3, -0.25) is 4.79 Å². The van der Waals surface area contributed by atoms with Crippen molar-refractivity contribution < 1.29 is 29.0 Å². The second-order valence-corrected chi connectivity index (χ2v) is 4.43. The lowest BCUT2D eigenvalue weighted by atomic mass is 10.2. The van der Waals surface area contributed by atoms with Crippen molar-refractivity contribution in [2.24, 2.45) is 0 Å². The number of amides is 1. The molecular formula is C11H13NO6S. The molecule has 0 saturated heterocycles. The van der Waals surface area contributed by atoms with Gasteiger partial charge in [0.2, 0.25) is 5.91 Å². The lowest BCUT2D eigenvalue weighted by molar-refractivity contribution is -0.143. The van der Waals surface area contributed by atoms with Crippen molar-refractivity contribution in [2.45, 2.75) is 6.92 Å². The number of carbonyl (C=O) groups excluding carboxylic acids is 2. The van der Waals surface area contributed by atoms with Crippen LogP contribution in [-0.2, 0) is 19.1 Å². The molecule has 1 aromatic heterocycles. The van der Waals surface area contributed by atoms with E-state index in [-0.39, 0.29) is 4.88 Å². The molecule has 0 spiro atoms. The van der Waals surface area contributed by atoms with Gasteiger partial charge in [-0.05, 0) is 17.9 Å². The molecule has 104 valence electrons. The molecular weight excluding hydrogens is 274 g/mol. The molecule has 0 aliphatic rings. The number of anilines is 1. The minimum atomic E-state index is -1.16. The Bertz CT molecular complexity index is 495. The molecule has 0 unspecified atom stereocenters. The minimum absolute atomic E-state index is 0.284. The van der Waals surface area contributed by atoms with Crippen molar-refractivity contribution >= 4 is 34.9 Å². The van der Waals surface area contributed by atoms with Crippen LogP contribution in [0.2, 0.25) is 0 Å². The van der Waals surface area contributed by atoms with Crippen molar-refractivity contribution in [3.63, 3.8) is 0 Å². The summed E-state index contributed by atoms with van der Waals surface area (Å²) >= 11 is 1.16. The Morgan fingerprint density at radius 2 is 2.05 bits per heavy atom. The molecule has 0 atom stereocenters. The summed E-state index contributed by atoms with van der Waals surface area (Å²) < 4.78 is 9.24. The van der Waals surface area contributed by atoms with Crippen molar-refractivity contribution in [2.75, 3.05) is 25.6 Å². The van der Waals surface area contributed by atoms with E-state index in [1.54, 1.807) is 12.3 Å². The molecule has 0 aromatic carbocycles. The van der Waals surface area contributed by atoms with Gasteiger partial charge >= 0.3 is 11.9 Å². The molecule has 1 amide bonds. The summed E-state index contributed by atoms with van der Waals surface area (Å²) in [5.41, 5.74) is 1.08. The third kappa shape index (κ3) is 4.34. The second kappa shape index (κ2) is 6.86. The fourth-order valence-electron chi connectivity index (χ4n) is 1.25. The molecule has 0 aliphatic carbocycles. The first-order valence-electron chi connectivity index (χ1n) is 5.21. The average Bonchev–Trinajstić information content (AvgIpc) is 2.70. The second-order valence-electron chi connectivity index (χ2n) is 3.55. The molecule has 0 radical (unpaired) electrons. The summed E-state index contributed by atoms with van der Waals surface area (Å²) in [6.45, 7) is 0.777. The van der Waals surface area contributed by atoms with E-state index in [0.29, 0.717) is 5.69 Å². The zero-order valence-electron chi connectivity index (χ0n) is 10.4. The van der Waals surface area contributed by atoms with Crippen LogP contribution < -0.4 is 5.32 Å². The van der Waals surface area contributed by atoms with Gasteiger partial charge in [0.15, 0.2) is 0 Å². The number of nitrogens with one attached hydrogen (secondary N) is 1. The number of esters is 1. The predicted octanol–water partition coefficient (Wildman–Crippen LogP) is 0.883. The highest BCUT2D eigenvalue weighted by Crippen LogP contribution is 2.28. The van der Waals surface area contributed by atoms with Crippen LogP contribution in [-0.4, -0.2) is 43.3 Å². The largest absolute Gasteiger partial charge is 0.480 e. The molecule has 1 rings (SSSR count). The van der Waals surface area contributed by atoms with E-state index in [4.69, 9.17) is 5.11 Å². The maximum atomic E-state index is 11.5. The van der Waals surface area contributed by atoms with Gasteiger partial charge in [0.25, 0.3) is 0 Å². The van der Waals surface area contributed by atoms with E-state index in [2.05, 4.69) is 14.8 Å². The molecule has 0 bridgehead atoms. The topological polar surface area (TPSA) is 102 Å². The highest BCUT2D eigenvalue weighted by Gasteiger charge is 2.18. The molecule has 2 N–H and O–H groups in total. The maximum absolute atomic E-state index is 11.5. The molecule has 7 nitrogen and oxygen atoms in total. The van der Waals surface area contributed by atoms with E-state index in [1.165, 1.54) is 7.11 Å². The fraction of sp³-hybridized carbons (Fsp3) is 0.364. The van der Waals surface area contributed by atoms with Gasteiger partial charge in [0.05, 0.1) is 12.8 Å². The average molecular weight is 287 g/mol. The third-order valence-electron chi connectivity index (χ3n) is 2.07. The Hall–Kier alpha value is -1.93. The number of thiophene rings is 1. The standard InChI is InChI=1S/C11H13NO6S/c1-6-5-19-10(11(16)17-2)9(6)12-7(13)3-18-4-8(14)15/h5H,3-4H2,1-2H3,(H,12,13)(H,14,15). The number of carbonyl (C=O) groups is 3. The van der Waals surface area contributed by atoms with Crippen molar-refractivity contribution in [3.05, 3.63) is 15.8 Å². The van der Waals surface area contributed by atoms with E-state index < -0.39 is 31.1 Å². The van der Waals surface area contributed by atoms with Gasteiger partial charge in [-0.1, -0.05) is 0 Å². The molecule has 0 fully saturated rings. The predicted molar refractivity (Wildman–Crippen MR) is 67.5 cm³/mol. The smallest absolute Gasteiger partial charge is 0.350 e. The number of hydrogen-bond acceptors (Lipinski definition) is 6.